The molecule has 204 valence electrons. The minimum absolute atomic E-state index is 0.111. The zero-order valence-corrected chi connectivity index (χ0v) is 24.5. The molecule has 2 aromatic rings. The summed E-state index contributed by atoms with van der Waals surface area (Å²) in [5.74, 6) is 2.87. The second-order valence-corrected chi connectivity index (χ2v) is 9.51. The molecule has 1 heterocycles. The van der Waals surface area contributed by atoms with Crippen LogP contribution in [-0.4, -0.2) is 50.1 Å². The van der Waals surface area contributed by atoms with Crippen LogP contribution in [0, 0.1) is 15.9 Å². The molecular formula is C27H27IN4O6S. The van der Waals surface area contributed by atoms with E-state index in [1.807, 2.05) is 6.07 Å². The highest BCUT2D eigenvalue weighted by Crippen LogP contribution is 2.34. The summed E-state index contributed by atoms with van der Waals surface area (Å²) >= 11 is 7.40. The van der Waals surface area contributed by atoms with Gasteiger partial charge < -0.3 is 29.6 Å². The Labute approximate surface area is 245 Å². The predicted octanol–water partition coefficient (Wildman–Crippen LogP) is 3.20. The monoisotopic (exact) mass is 662 g/mol. The van der Waals surface area contributed by atoms with Crippen molar-refractivity contribution in [3.8, 4) is 29.6 Å². The van der Waals surface area contributed by atoms with Crippen LogP contribution in [0.25, 0.3) is 0 Å². The summed E-state index contributed by atoms with van der Waals surface area (Å²) in [6, 6.07) is 9.95. The maximum absolute atomic E-state index is 12.7. The third-order valence-corrected chi connectivity index (χ3v) is 6.33. The van der Waals surface area contributed by atoms with Gasteiger partial charge in [-0.05, 0) is 72.4 Å². The van der Waals surface area contributed by atoms with Crippen molar-refractivity contribution in [2.45, 2.75) is 19.9 Å². The van der Waals surface area contributed by atoms with Crippen molar-refractivity contribution in [2.24, 2.45) is 5.10 Å². The Morgan fingerprint density at radius 3 is 2.74 bits per heavy atom. The summed E-state index contributed by atoms with van der Waals surface area (Å²) in [6.07, 6.45) is 6.74. The van der Waals surface area contributed by atoms with Gasteiger partial charge in [-0.25, -0.2) is 10.2 Å². The number of carbonyl (C=O) groups is 2. The van der Waals surface area contributed by atoms with Gasteiger partial charge in [0.1, 0.15) is 12.4 Å². The molecular weight excluding hydrogens is 635 g/mol. The van der Waals surface area contributed by atoms with E-state index >= 15 is 0 Å². The highest BCUT2D eigenvalue weighted by molar-refractivity contribution is 14.1. The molecule has 12 heteroatoms. The fraction of sp³-hybridized carbons (Fsp3) is 0.259. The van der Waals surface area contributed by atoms with Gasteiger partial charge in [0.2, 0.25) is 0 Å². The Hall–Kier alpha value is -3.83. The summed E-state index contributed by atoms with van der Waals surface area (Å²) in [7, 11) is 1.52. The molecule has 39 heavy (non-hydrogen) atoms. The van der Waals surface area contributed by atoms with Crippen LogP contribution in [0.15, 0.2) is 52.8 Å². The van der Waals surface area contributed by atoms with Crippen LogP contribution < -0.4 is 30.3 Å². The molecule has 0 fully saturated rings. The number of para-hydroxylation sites is 1. The zero-order valence-electron chi connectivity index (χ0n) is 21.5. The molecule has 0 spiro atoms. The van der Waals surface area contributed by atoms with Gasteiger partial charge in [0.05, 0.1) is 35.1 Å². The highest BCUT2D eigenvalue weighted by atomic mass is 127. The number of halogens is 1. The van der Waals surface area contributed by atoms with Crippen LogP contribution >= 0.6 is 34.8 Å². The Bertz CT molecular complexity index is 1350. The molecule has 0 saturated heterocycles. The molecule has 2 aromatic carbocycles. The van der Waals surface area contributed by atoms with Crippen LogP contribution in [0.3, 0.4) is 0 Å². The van der Waals surface area contributed by atoms with Crippen molar-refractivity contribution < 1.29 is 28.5 Å². The number of hydrogen-bond donors (Lipinski definition) is 3. The van der Waals surface area contributed by atoms with Crippen molar-refractivity contribution in [2.75, 3.05) is 26.9 Å². The number of terminal acetylenes is 1. The van der Waals surface area contributed by atoms with E-state index in [0.717, 1.165) is 3.57 Å². The Morgan fingerprint density at radius 2 is 2.03 bits per heavy atom. The number of benzene rings is 2. The smallest absolute Gasteiger partial charge is 0.338 e. The predicted molar refractivity (Wildman–Crippen MR) is 159 cm³/mol. The van der Waals surface area contributed by atoms with E-state index in [2.05, 4.69) is 49.7 Å². The molecule has 0 saturated carbocycles. The number of hydrazone groups is 1. The van der Waals surface area contributed by atoms with E-state index in [-0.39, 0.29) is 19.8 Å². The Balaban J connectivity index is 1.69. The number of allylic oxidation sites excluding steroid dienone is 1. The first kappa shape index (κ1) is 29.7. The van der Waals surface area contributed by atoms with Crippen LogP contribution in [0.1, 0.15) is 31.0 Å². The van der Waals surface area contributed by atoms with Crippen molar-refractivity contribution >= 4 is 58.0 Å². The first-order valence-electron chi connectivity index (χ1n) is 11.7. The van der Waals surface area contributed by atoms with E-state index in [1.54, 1.807) is 44.2 Å². The van der Waals surface area contributed by atoms with Crippen LogP contribution in [0.4, 0.5) is 0 Å². The second-order valence-electron chi connectivity index (χ2n) is 7.94. The number of hydrogen-bond acceptors (Lipinski definition) is 8. The number of ether oxygens (including phenoxy) is 4. The van der Waals surface area contributed by atoms with Crippen LogP contribution in [-0.2, 0) is 14.3 Å². The first-order valence-corrected chi connectivity index (χ1v) is 13.2. The van der Waals surface area contributed by atoms with Gasteiger partial charge in [-0.1, -0.05) is 24.1 Å². The number of amides is 1. The van der Waals surface area contributed by atoms with Gasteiger partial charge in [0.25, 0.3) is 5.91 Å². The molecule has 3 N–H and O–H groups in total. The van der Waals surface area contributed by atoms with Gasteiger partial charge in [0, 0.05) is 11.3 Å². The highest BCUT2D eigenvalue weighted by Gasteiger charge is 2.32. The number of methoxy groups -OCH3 is 1. The van der Waals surface area contributed by atoms with Crippen molar-refractivity contribution in [1.29, 1.82) is 0 Å². The van der Waals surface area contributed by atoms with E-state index in [1.165, 1.54) is 13.3 Å². The molecule has 0 unspecified atom stereocenters. The molecule has 3 rings (SSSR count). The van der Waals surface area contributed by atoms with Crippen LogP contribution in [0.5, 0.6) is 17.2 Å². The molecule has 0 aromatic heterocycles. The third kappa shape index (κ3) is 7.84. The topological polar surface area (TPSA) is 120 Å². The minimum atomic E-state index is -0.625. The average Bonchev–Trinajstić information content (AvgIpc) is 2.90. The molecule has 0 radical (unpaired) electrons. The third-order valence-electron chi connectivity index (χ3n) is 5.31. The molecule has 1 atom stereocenters. The van der Waals surface area contributed by atoms with Gasteiger partial charge in [0.15, 0.2) is 23.2 Å². The lowest BCUT2D eigenvalue weighted by molar-refractivity contribution is -0.139. The first-order chi connectivity index (χ1) is 18.8. The number of carbonyl (C=O) groups excluding carboxylic acids is 2. The van der Waals surface area contributed by atoms with Gasteiger partial charge in [-0.2, -0.15) is 5.10 Å². The molecule has 1 amide bonds. The average molecular weight is 663 g/mol. The molecule has 0 aliphatic carbocycles. The van der Waals surface area contributed by atoms with E-state index < -0.39 is 17.9 Å². The maximum Gasteiger partial charge on any atom is 0.338 e. The fourth-order valence-corrected chi connectivity index (χ4v) is 4.73. The van der Waals surface area contributed by atoms with Crippen LogP contribution in [0.2, 0.25) is 0 Å². The quantitative estimate of drug-likeness (QED) is 0.0833. The molecule has 0 bridgehead atoms. The van der Waals surface area contributed by atoms with Gasteiger partial charge in [-0.15, -0.1) is 6.42 Å². The lowest BCUT2D eigenvalue weighted by Crippen LogP contribution is -2.45. The summed E-state index contributed by atoms with van der Waals surface area (Å²) in [5.41, 5.74) is 4.68. The van der Waals surface area contributed by atoms with Crippen molar-refractivity contribution in [3.05, 3.63) is 62.4 Å². The van der Waals surface area contributed by atoms with Crippen molar-refractivity contribution in [1.82, 2.24) is 16.1 Å². The van der Waals surface area contributed by atoms with E-state index in [9.17, 15) is 9.59 Å². The number of nitrogens with zero attached hydrogens (tertiary/aromatic N) is 1. The summed E-state index contributed by atoms with van der Waals surface area (Å²) in [4.78, 5) is 25.2. The largest absolute Gasteiger partial charge is 0.493 e. The molecule has 10 nitrogen and oxygen atoms in total. The van der Waals surface area contributed by atoms with Gasteiger partial charge >= 0.3 is 5.97 Å². The lowest BCUT2D eigenvalue weighted by Gasteiger charge is -2.30. The minimum Gasteiger partial charge on any atom is -0.493 e. The summed E-state index contributed by atoms with van der Waals surface area (Å²) in [5, 5.41) is 10.4. The SMILES string of the molecule is C#CCOc1c(I)cc(C=NNC(=O)COc2ccccc2[C@H]2NC(=S)NC(C)=C2C(=O)OCC)cc1OC. The van der Waals surface area contributed by atoms with E-state index in [4.69, 9.17) is 37.6 Å². The van der Waals surface area contributed by atoms with E-state index in [0.29, 0.717) is 44.8 Å². The number of thiocarbonyl (C=S) groups is 1. The number of nitrogens with one attached hydrogen (secondary N) is 3. The number of esters is 1. The molecule has 1 aliphatic heterocycles. The maximum atomic E-state index is 12.7. The summed E-state index contributed by atoms with van der Waals surface area (Å²) < 4.78 is 22.7. The van der Waals surface area contributed by atoms with Gasteiger partial charge in [-0.3, -0.25) is 4.79 Å². The fourth-order valence-electron chi connectivity index (χ4n) is 3.68. The second kappa shape index (κ2) is 14.4. The molecule has 1 aliphatic rings. The zero-order chi connectivity index (χ0) is 28.4. The summed E-state index contributed by atoms with van der Waals surface area (Å²) in [6.45, 7) is 3.49. The standard InChI is InChI=1S/C27H27IN4O6S/c1-5-11-37-25-19(28)12-17(13-21(25)35-4)14-29-32-22(33)15-38-20-10-8-7-9-18(20)24-23(26(34)36-6-2)16(3)30-27(39)31-24/h1,7-10,12-14,24H,6,11,15H2,2-4H3,(H,32,33)(H2,30,31,39)/t24-/m1/s1. The number of rotatable bonds is 11. The Kier molecular flexibility index (Phi) is 10.9. The Morgan fingerprint density at radius 1 is 1.26 bits per heavy atom. The normalized spacial score (nSPS) is 14.6. The lowest BCUT2D eigenvalue weighted by atomic mass is 9.95. The van der Waals surface area contributed by atoms with Crippen molar-refractivity contribution in [3.63, 3.8) is 0 Å².